The highest BCUT2D eigenvalue weighted by Gasteiger charge is 2.28. The van der Waals surface area contributed by atoms with Crippen molar-refractivity contribution < 1.29 is 0 Å². The molecule has 2 aliphatic rings. The molecule has 4 unspecified atom stereocenters. The largest absolute Gasteiger partial charge is 0.316 e. The van der Waals surface area contributed by atoms with Crippen LogP contribution in [0.2, 0.25) is 0 Å². The summed E-state index contributed by atoms with van der Waals surface area (Å²) in [7, 11) is 0. The molecule has 0 spiro atoms. The van der Waals surface area contributed by atoms with E-state index in [1.807, 2.05) is 0 Å². The van der Waals surface area contributed by atoms with Crippen molar-refractivity contribution in [1.82, 2.24) is 10.2 Å². The number of nitrogens with zero attached hydrogens (tertiary/aromatic N) is 1. The van der Waals surface area contributed by atoms with E-state index >= 15 is 0 Å². The van der Waals surface area contributed by atoms with Crippen molar-refractivity contribution in [3.63, 3.8) is 0 Å². The molecule has 0 aromatic carbocycles. The standard InChI is InChI=1S/C16H32N2/c1-4-15-6-5-7-16(8-15)18-11-13(2)9-17-10-14(3)12-18/h13-17H,4-12H2,1-3H3. The molecule has 0 aromatic heterocycles. The zero-order chi connectivity index (χ0) is 13.0. The second-order valence-electron chi connectivity index (χ2n) is 6.92. The van der Waals surface area contributed by atoms with Crippen molar-refractivity contribution in [2.75, 3.05) is 26.2 Å². The molecule has 106 valence electrons. The third-order valence-corrected chi connectivity index (χ3v) is 4.93. The van der Waals surface area contributed by atoms with Crippen molar-refractivity contribution in [1.29, 1.82) is 0 Å². The van der Waals surface area contributed by atoms with Crippen molar-refractivity contribution in [3.05, 3.63) is 0 Å². The van der Waals surface area contributed by atoms with E-state index < -0.39 is 0 Å². The van der Waals surface area contributed by atoms with E-state index in [2.05, 4.69) is 31.0 Å². The smallest absolute Gasteiger partial charge is 0.00981 e. The van der Waals surface area contributed by atoms with Crippen LogP contribution in [0.5, 0.6) is 0 Å². The molecule has 1 heterocycles. The lowest BCUT2D eigenvalue weighted by atomic mass is 9.83. The van der Waals surface area contributed by atoms with Crippen LogP contribution < -0.4 is 5.32 Å². The van der Waals surface area contributed by atoms with Gasteiger partial charge in [0.1, 0.15) is 0 Å². The fourth-order valence-electron chi connectivity index (χ4n) is 3.84. The Bertz CT molecular complexity index is 229. The van der Waals surface area contributed by atoms with Gasteiger partial charge in [0.2, 0.25) is 0 Å². The van der Waals surface area contributed by atoms with E-state index in [0.717, 1.165) is 23.8 Å². The lowest BCUT2D eigenvalue weighted by molar-refractivity contribution is 0.0891. The summed E-state index contributed by atoms with van der Waals surface area (Å²) in [6.07, 6.45) is 7.23. The maximum Gasteiger partial charge on any atom is 0.00981 e. The predicted octanol–water partition coefficient (Wildman–Crippen LogP) is 3.13. The quantitative estimate of drug-likeness (QED) is 0.812. The number of hydrogen-bond donors (Lipinski definition) is 1. The maximum absolute atomic E-state index is 3.60. The molecule has 2 nitrogen and oxygen atoms in total. The molecule has 1 saturated heterocycles. The van der Waals surface area contributed by atoms with Crippen LogP contribution in [-0.2, 0) is 0 Å². The molecule has 0 aromatic rings. The molecule has 0 amide bonds. The van der Waals surface area contributed by atoms with Gasteiger partial charge >= 0.3 is 0 Å². The Morgan fingerprint density at radius 1 is 1.06 bits per heavy atom. The van der Waals surface area contributed by atoms with Crippen LogP contribution in [0, 0.1) is 17.8 Å². The summed E-state index contributed by atoms with van der Waals surface area (Å²) < 4.78 is 0. The predicted molar refractivity (Wildman–Crippen MR) is 78.8 cm³/mol. The number of hydrogen-bond acceptors (Lipinski definition) is 2. The molecule has 18 heavy (non-hydrogen) atoms. The van der Waals surface area contributed by atoms with Gasteiger partial charge in [-0.25, -0.2) is 0 Å². The lowest BCUT2D eigenvalue weighted by Gasteiger charge is -2.41. The van der Waals surface area contributed by atoms with E-state index in [1.165, 1.54) is 58.3 Å². The van der Waals surface area contributed by atoms with E-state index in [-0.39, 0.29) is 0 Å². The Kier molecular flexibility index (Phi) is 5.50. The van der Waals surface area contributed by atoms with Gasteiger partial charge in [0.05, 0.1) is 0 Å². The van der Waals surface area contributed by atoms with Gasteiger partial charge in [0.25, 0.3) is 0 Å². The minimum absolute atomic E-state index is 0.805. The summed E-state index contributed by atoms with van der Waals surface area (Å²) in [5, 5.41) is 3.60. The molecule has 4 atom stereocenters. The molecule has 1 aliphatic heterocycles. The van der Waals surface area contributed by atoms with Gasteiger partial charge in [0, 0.05) is 19.1 Å². The monoisotopic (exact) mass is 252 g/mol. The first-order chi connectivity index (χ1) is 8.69. The third-order valence-electron chi connectivity index (χ3n) is 4.93. The molecule has 0 bridgehead atoms. The van der Waals surface area contributed by atoms with Crippen LogP contribution in [0.4, 0.5) is 0 Å². The lowest BCUT2D eigenvalue weighted by Crippen LogP contribution is -2.48. The van der Waals surface area contributed by atoms with Crippen LogP contribution in [-0.4, -0.2) is 37.1 Å². The van der Waals surface area contributed by atoms with Crippen molar-refractivity contribution >= 4 is 0 Å². The fourth-order valence-corrected chi connectivity index (χ4v) is 3.84. The third kappa shape index (κ3) is 3.96. The summed E-state index contributed by atoms with van der Waals surface area (Å²) in [4.78, 5) is 2.83. The summed E-state index contributed by atoms with van der Waals surface area (Å²) in [5.41, 5.74) is 0. The first-order valence-corrected chi connectivity index (χ1v) is 8.13. The van der Waals surface area contributed by atoms with Crippen LogP contribution >= 0.6 is 0 Å². The van der Waals surface area contributed by atoms with Crippen LogP contribution in [0.25, 0.3) is 0 Å². The molecule has 0 radical (unpaired) electrons. The molecule has 1 N–H and O–H groups in total. The Morgan fingerprint density at radius 3 is 2.33 bits per heavy atom. The molecular formula is C16H32N2. The Labute approximate surface area is 114 Å². The zero-order valence-electron chi connectivity index (χ0n) is 12.6. The van der Waals surface area contributed by atoms with Crippen LogP contribution in [0.3, 0.4) is 0 Å². The van der Waals surface area contributed by atoms with E-state index in [1.54, 1.807) is 0 Å². The zero-order valence-corrected chi connectivity index (χ0v) is 12.6. The minimum Gasteiger partial charge on any atom is -0.316 e. The second-order valence-corrected chi connectivity index (χ2v) is 6.92. The highest BCUT2D eigenvalue weighted by Crippen LogP contribution is 2.30. The summed E-state index contributed by atoms with van der Waals surface area (Å²) in [6.45, 7) is 12.2. The topological polar surface area (TPSA) is 15.3 Å². The van der Waals surface area contributed by atoms with E-state index in [4.69, 9.17) is 0 Å². The van der Waals surface area contributed by atoms with Crippen molar-refractivity contribution in [3.8, 4) is 0 Å². The molecule has 1 saturated carbocycles. The average Bonchev–Trinajstić information content (AvgIpc) is 2.36. The molecule has 2 fully saturated rings. The maximum atomic E-state index is 3.60. The van der Waals surface area contributed by atoms with Gasteiger partial charge in [0.15, 0.2) is 0 Å². The van der Waals surface area contributed by atoms with Gasteiger partial charge in [-0.3, -0.25) is 4.90 Å². The van der Waals surface area contributed by atoms with Crippen molar-refractivity contribution in [2.45, 2.75) is 58.9 Å². The normalized spacial score (nSPS) is 40.2. The average molecular weight is 252 g/mol. The SMILES string of the molecule is CCC1CCCC(N2CC(C)CNCC(C)C2)C1. The minimum atomic E-state index is 0.805. The molecular weight excluding hydrogens is 220 g/mol. The van der Waals surface area contributed by atoms with Gasteiger partial charge in [-0.1, -0.05) is 40.0 Å². The van der Waals surface area contributed by atoms with Crippen LogP contribution in [0.15, 0.2) is 0 Å². The Morgan fingerprint density at radius 2 is 1.72 bits per heavy atom. The van der Waals surface area contributed by atoms with Gasteiger partial charge < -0.3 is 5.32 Å². The van der Waals surface area contributed by atoms with Crippen molar-refractivity contribution in [2.24, 2.45) is 17.8 Å². The number of rotatable bonds is 2. The first kappa shape index (κ1) is 14.3. The molecule has 2 rings (SSSR count). The highest BCUT2D eigenvalue weighted by molar-refractivity contribution is 4.83. The molecule has 1 aliphatic carbocycles. The number of nitrogens with one attached hydrogen (secondary N) is 1. The van der Waals surface area contributed by atoms with Crippen LogP contribution in [0.1, 0.15) is 52.9 Å². The second kappa shape index (κ2) is 6.91. The first-order valence-electron chi connectivity index (χ1n) is 8.13. The summed E-state index contributed by atoms with van der Waals surface area (Å²) in [6, 6.07) is 0.881. The van der Waals surface area contributed by atoms with E-state index in [9.17, 15) is 0 Å². The van der Waals surface area contributed by atoms with E-state index in [0.29, 0.717) is 0 Å². The molecule has 2 heteroatoms. The Balaban J connectivity index is 1.94. The van der Waals surface area contributed by atoms with Gasteiger partial charge in [-0.15, -0.1) is 0 Å². The Hall–Kier alpha value is -0.0800. The fraction of sp³-hybridized carbons (Fsp3) is 1.00. The summed E-state index contributed by atoms with van der Waals surface area (Å²) in [5.74, 6) is 2.61. The van der Waals surface area contributed by atoms with Gasteiger partial charge in [-0.05, 0) is 43.7 Å². The van der Waals surface area contributed by atoms with Gasteiger partial charge in [-0.2, -0.15) is 0 Å². The highest BCUT2D eigenvalue weighted by atomic mass is 15.2. The summed E-state index contributed by atoms with van der Waals surface area (Å²) >= 11 is 0.